The second-order valence-corrected chi connectivity index (χ2v) is 2.53. The predicted octanol–water partition coefficient (Wildman–Crippen LogP) is -0.120. The highest BCUT2D eigenvalue weighted by molar-refractivity contribution is 5.75. The third-order valence-electron chi connectivity index (χ3n) is 1.40. The van der Waals surface area contributed by atoms with Crippen LogP contribution in [0.1, 0.15) is 13.3 Å². The number of ether oxygens (including phenoxy) is 1. The van der Waals surface area contributed by atoms with E-state index < -0.39 is 12.2 Å². The van der Waals surface area contributed by atoms with Gasteiger partial charge in [0.15, 0.2) is 0 Å². The number of hydrogen-bond donors (Lipinski definition) is 1. The van der Waals surface area contributed by atoms with Crippen LogP contribution in [-0.2, 0) is 14.4 Å². The molecule has 1 atom stereocenters. The van der Waals surface area contributed by atoms with E-state index in [2.05, 4.69) is 9.57 Å². The molecule has 0 saturated carbocycles. The first kappa shape index (κ1) is 11.7. The van der Waals surface area contributed by atoms with Gasteiger partial charge >= 0.3 is 6.09 Å². The van der Waals surface area contributed by atoms with Crippen LogP contribution in [0.3, 0.4) is 0 Å². The first-order chi connectivity index (χ1) is 5.97. The summed E-state index contributed by atoms with van der Waals surface area (Å²) in [6, 6.07) is 0. The maximum Gasteiger partial charge on any atom is 0.404 e. The van der Waals surface area contributed by atoms with Gasteiger partial charge in [-0.3, -0.25) is 9.63 Å². The van der Waals surface area contributed by atoms with Crippen molar-refractivity contribution in [2.75, 3.05) is 14.2 Å². The topological polar surface area (TPSA) is 81.9 Å². The summed E-state index contributed by atoms with van der Waals surface area (Å²) in [5.74, 6) is -0.281. The van der Waals surface area contributed by atoms with Crippen molar-refractivity contribution in [3.05, 3.63) is 0 Å². The highest BCUT2D eigenvalue weighted by Crippen LogP contribution is 2.00. The van der Waals surface area contributed by atoms with Gasteiger partial charge in [-0.15, -0.1) is 0 Å². The highest BCUT2D eigenvalue weighted by atomic mass is 16.7. The molecule has 2 N–H and O–H groups in total. The number of amides is 2. The number of rotatable bonds is 4. The van der Waals surface area contributed by atoms with Crippen LogP contribution in [0.4, 0.5) is 4.79 Å². The molecule has 0 saturated heterocycles. The third-order valence-corrected chi connectivity index (χ3v) is 1.40. The minimum Gasteiger partial charge on any atom is -0.446 e. The van der Waals surface area contributed by atoms with Crippen LogP contribution >= 0.6 is 0 Å². The van der Waals surface area contributed by atoms with E-state index in [9.17, 15) is 9.59 Å². The Balaban J connectivity index is 3.84. The van der Waals surface area contributed by atoms with Gasteiger partial charge in [-0.25, -0.2) is 9.86 Å². The van der Waals surface area contributed by atoms with Crippen LogP contribution in [-0.4, -0.2) is 37.3 Å². The second kappa shape index (κ2) is 5.36. The molecular formula is C7H14N2O4. The summed E-state index contributed by atoms with van der Waals surface area (Å²) in [7, 11) is 2.84. The Morgan fingerprint density at radius 3 is 2.46 bits per heavy atom. The average molecular weight is 190 g/mol. The molecule has 0 bridgehead atoms. The molecule has 0 spiro atoms. The lowest BCUT2D eigenvalue weighted by molar-refractivity contribution is -0.170. The average Bonchev–Trinajstić information content (AvgIpc) is 2.01. The second-order valence-electron chi connectivity index (χ2n) is 2.53. The van der Waals surface area contributed by atoms with Crippen LogP contribution in [0.25, 0.3) is 0 Å². The molecule has 13 heavy (non-hydrogen) atoms. The van der Waals surface area contributed by atoms with Gasteiger partial charge in [-0.1, -0.05) is 0 Å². The first-order valence-corrected chi connectivity index (χ1v) is 3.74. The van der Waals surface area contributed by atoms with Gasteiger partial charge in [0.2, 0.25) is 5.91 Å². The molecule has 6 nitrogen and oxygen atoms in total. The summed E-state index contributed by atoms with van der Waals surface area (Å²) in [5.41, 5.74) is 4.76. The SMILES string of the molecule is CON(C)C(=O)CC(C)OC(N)=O. The normalized spacial score (nSPS) is 11.9. The molecule has 0 aliphatic carbocycles. The number of hydrogen-bond acceptors (Lipinski definition) is 4. The number of nitrogens with two attached hydrogens (primary N) is 1. The van der Waals surface area contributed by atoms with E-state index in [1.165, 1.54) is 14.2 Å². The smallest absolute Gasteiger partial charge is 0.404 e. The standard InChI is InChI=1S/C7H14N2O4/c1-5(13-7(8)11)4-6(10)9(2)12-3/h5H,4H2,1-3H3,(H2,8,11). The zero-order chi connectivity index (χ0) is 10.4. The number of hydroxylamine groups is 2. The van der Waals surface area contributed by atoms with Crippen molar-refractivity contribution in [1.29, 1.82) is 0 Å². The maximum atomic E-state index is 11.1. The minimum atomic E-state index is -0.889. The van der Waals surface area contributed by atoms with Crippen molar-refractivity contribution in [1.82, 2.24) is 5.06 Å². The predicted molar refractivity (Wildman–Crippen MR) is 44.5 cm³/mol. The van der Waals surface area contributed by atoms with Gasteiger partial charge in [0, 0.05) is 7.05 Å². The fourth-order valence-corrected chi connectivity index (χ4v) is 0.716. The van der Waals surface area contributed by atoms with Crippen LogP contribution in [0.15, 0.2) is 0 Å². The lowest BCUT2D eigenvalue weighted by atomic mass is 10.3. The molecule has 0 aromatic carbocycles. The molecule has 0 aromatic rings. The molecular weight excluding hydrogens is 176 g/mol. The van der Waals surface area contributed by atoms with Gasteiger partial charge in [-0.05, 0) is 6.92 Å². The molecule has 1 unspecified atom stereocenters. The maximum absolute atomic E-state index is 11.1. The Kier molecular flexibility index (Phi) is 4.83. The molecule has 0 radical (unpaired) electrons. The number of carbonyl (C=O) groups excluding carboxylic acids is 2. The van der Waals surface area contributed by atoms with E-state index in [-0.39, 0.29) is 12.3 Å². The van der Waals surface area contributed by atoms with Gasteiger partial charge in [0.25, 0.3) is 0 Å². The Labute approximate surface area is 76.5 Å². The fourth-order valence-electron chi connectivity index (χ4n) is 0.716. The number of nitrogens with zero attached hydrogens (tertiary/aromatic N) is 1. The summed E-state index contributed by atoms with van der Waals surface area (Å²) < 4.78 is 4.55. The van der Waals surface area contributed by atoms with E-state index in [0.717, 1.165) is 5.06 Å². The largest absolute Gasteiger partial charge is 0.446 e. The van der Waals surface area contributed by atoms with Crippen molar-refractivity contribution < 1.29 is 19.2 Å². The zero-order valence-corrected chi connectivity index (χ0v) is 7.94. The van der Waals surface area contributed by atoms with Crippen LogP contribution in [0.2, 0.25) is 0 Å². The fraction of sp³-hybridized carbons (Fsp3) is 0.714. The molecule has 0 fully saturated rings. The molecule has 0 heterocycles. The molecule has 6 heteroatoms. The van der Waals surface area contributed by atoms with Crippen molar-refractivity contribution >= 4 is 12.0 Å². The van der Waals surface area contributed by atoms with Crippen molar-refractivity contribution in [2.24, 2.45) is 5.73 Å². The lowest BCUT2D eigenvalue weighted by Gasteiger charge is -2.16. The van der Waals surface area contributed by atoms with Gasteiger partial charge in [0.05, 0.1) is 13.5 Å². The summed E-state index contributed by atoms with van der Waals surface area (Å²) in [6.45, 7) is 1.58. The molecule has 0 aliphatic rings. The first-order valence-electron chi connectivity index (χ1n) is 3.74. The van der Waals surface area contributed by atoms with E-state index in [4.69, 9.17) is 5.73 Å². The van der Waals surface area contributed by atoms with Crippen LogP contribution in [0, 0.1) is 0 Å². The molecule has 0 rings (SSSR count). The monoisotopic (exact) mass is 190 g/mol. The third kappa shape index (κ3) is 5.02. The van der Waals surface area contributed by atoms with Crippen LogP contribution in [0.5, 0.6) is 0 Å². The van der Waals surface area contributed by atoms with Gasteiger partial charge in [-0.2, -0.15) is 0 Å². The number of primary amides is 1. The summed E-state index contributed by atoms with van der Waals surface area (Å²) in [6.07, 6.45) is -1.38. The molecule has 0 aromatic heterocycles. The molecule has 0 aliphatic heterocycles. The Morgan fingerprint density at radius 1 is 1.54 bits per heavy atom. The van der Waals surface area contributed by atoms with E-state index in [1.54, 1.807) is 6.92 Å². The Bertz CT molecular complexity index is 195. The number of carbonyl (C=O) groups is 2. The van der Waals surface area contributed by atoms with Gasteiger partial charge < -0.3 is 10.5 Å². The van der Waals surface area contributed by atoms with Crippen molar-refractivity contribution in [3.8, 4) is 0 Å². The molecule has 2 amide bonds. The Morgan fingerprint density at radius 2 is 2.08 bits per heavy atom. The van der Waals surface area contributed by atoms with Gasteiger partial charge in [0.1, 0.15) is 6.10 Å². The molecule has 76 valence electrons. The Hall–Kier alpha value is -1.30. The van der Waals surface area contributed by atoms with Crippen molar-refractivity contribution in [3.63, 3.8) is 0 Å². The van der Waals surface area contributed by atoms with Crippen LogP contribution < -0.4 is 5.73 Å². The van der Waals surface area contributed by atoms with E-state index in [1.807, 2.05) is 0 Å². The highest BCUT2D eigenvalue weighted by Gasteiger charge is 2.15. The summed E-state index contributed by atoms with van der Waals surface area (Å²) >= 11 is 0. The van der Waals surface area contributed by atoms with Crippen molar-refractivity contribution in [2.45, 2.75) is 19.4 Å². The van der Waals surface area contributed by atoms with E-state index >= 15 is 0 Å². The quantitative estimate of drug-likeness (QED) is 0.626. The van der Waals surface area contributed by atoms with E-state index in [0.29, 0.717) is 0 Å². The minimum absolute atomic E-state index is 0.0489. The lowest BCUT2D eigenvalue weighted by Crippen LogP contribution is -2.30. The summed E-state index contributed by atoms with van der Waals surface area (Å²) in [5, 5.41) is 1.06. The zero-order valence-electron chi connectivity index (χ0n) is 7.94. The summed E-state index contributed by atoms with van der Waals surface area (Å²) in [4.78, 5) is 26.0.